The Bertz CT molecular complexity index is 356. The van der Waals surface area contributed by atoms with Crippen molar-refractivity contribution in [3.63, 3.8) is 0 Å². The van der Waals surface area contributed by atoms with Gasteiger partial charge in [-0.1, -0.05) is 81.7 Å². The number of aliphatic hydroxyl groups is 1. The van der Waals surface area contributed by atoms with E-state index in [1.807, 2.05) is 17.8 Å². The maximum absolute atomic E-state index is 8.72. The molecule has 0 radical (unpaired) electrons. The van der Waals surface area contributed by atoms with Gasteiger partial charge in [0.25, 0.3) is 0 Å². The number of hydrogen-bond acceptors (Lipinski definition) is 3. The number of benzene rings is 1. The van der Waals surface area contributed by atoms with Gasteiger partial charge in [0, 0.05) is 13.7 Å². The van der Waals surface area contributed by atoms with Gasteiger partial charge in [0.1, 0.15) is 5.44 Å². The minimum atomic E-state index is 0.176. The molecule has 23 heavy (non-hydrogen) atoms. The zero-order valence-corrected chi connectivity index (χ0v) is 15.5. The summed E-state index contributed by atoms with van der Waals surface area (Å²) in [6.45, 7) is 0.353. The lowest BCUT2D eigenvalue weighted by Crippen LogP contribution is -1.97. The highest BCUT2D eigenvalue weighted by Crippen LogP contribution is 2.30. The van der Waals surface area contributed by atoms with Crippen LogP contribution in [-0.4, -0.2) is 24.6 Å². The summed E-state index contributed by atoms with van der Waals surface area (Å²) in [4.78, 5) is 0. The average Bonchev–Trinajstić information content (AvgIpc) is 2.60. The lowest BCUT2D eigenvalue weighted by molar-refractivity contribution is 0.175. The van der Waals surface area contributed by atoms with E-state index in [-0.39, 0.29) is 5.44 Å². The molecule has 1 atom stereocenters. The minimum absolute atomic E-state index is 0.176. The summed E-state index contributed by atoms with van der Waals surface area (Å²) >= 11 is 1.91. The van der Waals surface area contributed by atoms with E-state index in [9.17, 15) is 0 Å². The van der Waals surface area contributed by atoms with E-state index >= 15 is 0 Å². The largest absolute Gasteiger partial charge is 0.396 e. The number of rotatable bonds is 15. The Morgan fingerprint density at radius 2 is 1.35 bits per heavy atom. The third kappa shape index (κ3) is 10.8. The van der Waals surface area contributed by atoms with Crippen LogP contribution in [0.15, 0.2) is 30.3 Å². The average molecular weight is 339 g/mol. The third-order valence-corrected chi connectivity index (χ3v) is 5.40. The molecule has 0 aliphatic carbocycles. The molecule has 0 saturated carbocycles. The van der Waals surface area contributed by atoms with Crippen molar-refractivity contribution in [2.45, 2.75) is 69.6 Å². The number of ether oxygens (including phenoxy) is 1. The van der Waals surface area contributed by atoms with Crippen LogP contribution in [0.3, 0.4) is 0 Å². The zero-order chi connectivity index (χ0) is 16.6. The van der Waals surface area contributed by atoms with Crippen molar-refractivity contribution in [3.05, 3.63) is 35.9 Å². The first-order chi connectivity index (χ1) is 11.4. The van der Waals surface area contributed by atoms with Crippen LogP contribution in [0.4, 0.5) is 0 Å². The number of hydrogen-bond donors (Lipinski definition) is 1. The smallest absolute Gasteiger partial charge is 0.128 e. The predicted molar refractivity (Wildman–Crippen MR) is 102 cm³/mol. The van der Waals surface area contributed by atoms with Crippen LogP contribution >= 0.6 is 11.8 Å². The van der Waals surface area contributed by atoms with Crippen molar-refractivity contribution in [1.82, 2.24) is 0 Å². The SMILES string of the molecule is COC(SCCCCCCCCCCCCO)c1ccccc1. The van der Waals surface area contributed by atoms with Gasteiger partial charge in [-0.25, -0.2) is 0 Å². The van der Waals surface area contributed by atoms with Crippen molar-refractivity contribution in [2.75, 3.05) is 19.5 Å². The standard InChI is InChI=1S/C20H34O2S/c1-22-20(19-15-11-10-12-16-19)23-18-14-9-7-5-3-2-4-6-8-13-17-21/h10-12,15-16,20-21H,2-9,13-14,17-18H2,1H3. The van der Waals surface area contributed by atoms with Crippen molar-refractivity contribution >= 4 is 11.8 Å². The third-order valence-electron chi connectivity index (χ3n) is 4.11. The molecule has 3 heteroatoms. The number of methoxy groups -OCH3 is 1. The first-order valence-electron chi connectivity index (χ1n) is 9.18. The second-order valence-electron chi connectivity index (χ2n) is 6.11. The van der Waals surface area contributed by atoms with Crippen molar-refractivity contribution in [3.8, 4) is 0 Å². The minimum Gasteiger partial charge on any atom is -0.396 e. The Morgan fingerprint density at radius 1 is 0.826 bits per heavy atom. The molecule has 0 amide bonds. The molecule has 0 bridgehead atoms. The second kappa shape index (κ2) is 15.0. The maximum atomic E-state index is 8.72. The highest BCUT2D eigenvalue weighted by Gasteiger charge is 2.09. The molecule has 0 heterocycles. The Labute approximate surface area is 147 Å². The summed E-state index contributed by atoms with van der Waals surface area (Å²) in [6, 6.07) is 10.5. The van der Waals surface area contributed by atoms with Crippen molar-refractivity contribution in [1.29, 1.82) is 0 Å². The molecule has 2 nitrogen and oxygen atoms in total. The van der Waals surface area contributed by atoms with Crippen LogP contribution in [0, 0.1) is 0 Å². The molecule has 0 aliphatic rings. The van der Waals surface area contributed by atoms with Gasteiger partial charge in [-0.2, -0.15) is 0 Å². The summed E-state index contributed by atoms with van der Waals surface area (Å²) < 4.78 is 5.58. The number of thioether (sulfide) groups is 1. The Kier molecular flexibility index (Phi) is 13.4. The molecule has 1 rings (SSSR count). The second-order valence-corrected chi connectivity index (χ2v) is 7.28. The fourth-order valence-electron chi connectivity index (χ4n) is 2.73. The van der Waals surface area contributed by atoms with Crippen LogP contribution in [0.5, 0.6) is 0 Å². The molecule has 1 N–H and O–H groups in total. The van der Waals surface area contributed by atoms with Gasteiger partial charge in [0.15, 0.2) is 0 Å². The highest BCUT2D eigenvalue weighted by atomic mass is 32.2. The van der Waals surface area contributed by atoms with Gasteiger partial charge in [-0.3, -0.25) is 0 Å². The van der Waals surface area contributed by atoms with Gasteiger partial charge >= 0.3 is 0 Å². The maximum Gasteiger partial charge on any atom is 0.128 e. The molecule has 132 valence electrons. The Morgan fingerprint density at radius 3 is 1.87 bits per heavy atom. The Hall–Kier alpha value is -0.510. The first-order valence-corrected chi connectivity index (χ1v) is 10.2. The number of unbranched alkanes of at least 4 members (excludes halogenated alkanes) is 9. The molecule has 1 aromatic rings. The molecule has 1 unspecified atom stereocenters. The van der Waals surface area contributed by atoms with E-state index in [0.717, 1.165) is 6.42 Å². The predicted octanol–water partition coefficient (Wildman–Crippen LogP) is 5.96. The summed E-state index contributed by atoms with van der Waals surface area (Å²) in [5, 5.41) is 8.72. The fraction of sp³-hybridized carbons (Fsp3) is 0.700. The van der Waals surface area contributed by atoms with E-state index in [1.54, 1.807) is 7.11 Å². The summed E-state index contributed by atoms with van der Waals surface area (Å²) in [7, 11) is 1.80. The fourth-order valence-corrected chi connectivity index (χ4v) is 3.80. The lowest BCUT2D eigenvalue weighted by Gasteiger charge is -2.15. The molecule has 0 aliphatic heterocycles. The first kappa shape index (κ1) is 20.5. The van der Waals surface area contributed by atoms with Crippen LogP contribution in [0.25, 0.3) is 0 Å². The van der Waals surface area contributed by atoms with Gasteiger partial charge in [0.2, 0.25) is 0 Å². The van der Waals surface area contributed by atoms with E-state index < -0.39 is 0 Å². The normalized spacial score (nSPS) is 12.4. The van der Waals surface area contributed by atoms with Gasteiger partial charge < -0.3 is 9.84 Å². The molecule has 0 fully saturated rings. The topological polar surface area (TPSA) is 29.5 Å². The van der Waals surface area contributed by atoms with Crippen LogP contribution < -0.4 is 0 Å². The lowest BCUT2D eigenvalue weighted by atomic mass is 10.1. The quantitative estimate of drug-likeness (QED) is 0.316. The van der Waals surface area contributed by atoms with E-state index in [0.29, 0.717) is 6.61 Å². The molecule has 0 spiro atoms. The van der Waals surface area contributed by atoms with E-state index in [4.69, 9.17) is 9.84 Å². The van der Waals surface area contributed by atoms with E-state index in [2.05, 4.69) is 24.3 Å². The van der Waals surface area contributed by atoms with Gasteiger partial charge in [-0.05, 0) is 24.2 Å². The van der Waals surface area contributed by atoms with E-state index in [1.165, 1.54) is 69.1 Å². The van der Waals surface area contributed by atoms with Crippen LogP contribution in [0.1, 0.15) is 75.2 Å². The summed E-state index contributed by atoms with van der Waals surface area (Å²) in [5.74, 6) is 1.18. The molecule has 0 aromatic heterocycles. The summed E-state index contributed by atoms with van der Waals surface area (Å²) in [6.07, 6.45) is 12.9. The van der Waals surface area contributed by atoms with Crippen molar-refractivity contribution < 1.29 is 9.84 Å². The van der Waals surface area contributed by atoms with Crippen LogP contribution in [-0.2, 0) is 4.74 Å². The molecular weight excluding hydrogens is 304 g/mol. The molecule has 0 saturated heterocycles. The monoisotopic (exact) mass is 338 g/mol. The van der Waals surface area contributed by atoms with Gasteiger partial charge in [0.05, 0.1) is 0 Å². The Balaban J connectivity index is 1.91. The molecule has 1 aromatic carbocycles. The highest BCUT2D eigenvalue weighted by molar-refractivity contribution is 7.99. The van der Waals surface area contributed by atoms with Crippen molar-refractivity contribution in [2.24, 2.45) is 0 Å². The summed E-state index contributed by atoms with van der Waals surface area (Å²) in [5.41, 5.74) is 1.44. The van der Waals surface area contributed by atoms with Crippen LogP contribution in [0.2, 0.25) is 0 Å². The zero-order valence-electron chi connectivity index (χ0n) is 14.7. The molecular formula is C20H34O2S. The van der Waals surface area contributed by atoms with Gasteiger partial charge in [-0.15, -0.1) is 11.8 Å². The number of aliphatic hydroxyl groups excluding tert-OH is 1.